The predicted octanol–water partition coefficient (Wildman–Crippen LogP) is 2.94. The highest BCUT2D eigenvalue weighted by molar-refractivity contribution is 9.10. The van der Waals surface area contributed by atoms with Crippen LogP contribution < -0.4 is 9.47 Å². The monoisotopic (exact) mass is 323 g/mol. The molecular formula is C14H14BrNO3. The third kappa shape index (κ3) is 2.88. The first-order valence-electron chi connectivity index (χ1n) is 5.67. The summed E-state index contributed by atoms with van der Waals surface area (Å²) in [5, 5.41) is 10.4. The fraction of sp³-hybridized carbons (Fsp3) is 0.214. The molecule has 0 aliphatic rings. The summed E-state index contributed by atoms with van der Waals surface area (Å²) >= 11 is 3.38. The number of hydrogen-bond acceptors (Lipinski definition) is 4. The summed E-state index contributed by atoms with van der Waals surface area (Å²) in [4.78, 5) is 4.19. The molecule has 2 aromatic rings. The van der Waals surface area contributed by atoms with Crippen LogP contribution in [0.15, 0.2) is 41.0 Å². The highest BCUT2D eigenvalue weighted by Gasteiger charge is 2.19. The van der Waals surface area contributed by atoms with Gasteiger partial charge < -0.3 is 14.6 Å². The molecule has 0 bridgehead atoms. The summed E-state index contributed by atoms with van der Waals surface area (Å²) in [6.07, 6.45) is 0.774. The van der Waals surface area contributed by atoms with E-state index < -0.39 is 6.10 Å². The number of hydrogen-bond donors (Lipinski definition) is 1. The predicted molar refractivity (Wildman–Crippen MR) is 75.5 cm³/mol. The Morgan fingerprint density at radius 1 is 1.21 bits per heavy atom. The summed E-state index contributed by atoms with van der Waals surface area (Å²) < 4.78 is 11.2. The molecule has 0 spiro atoms. The molecule has 0 radical (unpaired) electrons. The van der Waals surface area contributed by atoms with Crippen LogP contribution in [0.1, 0.15) is 17.4 Å². The summed E-state index contributed by atoms with van der Waals surface area (Å²) in [7, 11) is 3.14. The van der Waals surface area contributed by atoms with Crippen molar-refractivity contribution in [3.8, 4) is 11.5 Å². The Morgan fingerprint density at radius 3 is 2.63 bits per heavy atom. The van der Waals surface area contributed by atoms with Crippen molar-refractivity contribution in [3.63, 3.8) is 0 Å². The van der Waals surface area contributed by atoms with Gasteiger partial charge in [-0.2, -0.15) is 0 Å². The maximum Gasteiger partial charge on any atom is 0.128 e. The molecular weight excluding hydrogens is 310 g/mol. The van der Waals surface area contributed by atoms with Crippen LogP contribution in [0.5, 0.6) is 11.5 Å². The number of pyridine rings is 1. The standard InChI is InChI=1S/C14H14BrNO3/c1-18-9-5-6-10(12(8-9)19-2)14(17)13-11(15)4-3-7-16-13/h3-8,14,17H,1-2H3. The number of nitrogens with zero attached hydrogens (tertiary/aromatic N) is 1. The molecule has 1 atom stereocenters. The van der Waals surface area contributed by atoms with Crippen LogP contribution in [0.25, 0.3) is 0 Å². The minimum atomic E-state index is -0.864. The molecule has 0 saturated carbocycles. The lowest BCUT2D eigenvalue weighted by molar-refractivity contribution is 0.209. The van der Waals surface area contributed by atoms with Gasteiger partial charge in [-0.1, -0.05) is 0 Å². The Kier molecular flexibility index (Phi) is 4.39. The largest absolute Gasteiger partial charge is 0.497 e. The third-order valence-electron chi connectivity index (χ3n) is 2.78. The molecule has 100 valence electrons. The van der Waals surface area contributed by atoms with Crippen molar-refractivity contribution in [2.24, 2.45) is 0 Å². The van der Waals surface area contributed by atoms with Crippen LogP contribution in [-0.2, 0) is 0 Å². The molecule has 1 unspecified atom stereocenters. The quantitative estimate of drug-likeness (QED) is 0.939. The second-order valence-electron chi connectivity index (χ2n) is 3.88. The number of benzene rings is 1. The topological polar surface area (TPSA) is 51.6 Å². The normalized spacial score (nSPS) is 12.0. The first-order valence-corrected chi connectivity index (χ1v) is 6.47. The van der Waals surface area contributed by atoms with E-state index in [0.717, 1.165) is 4.47 Å². The third-order valence-corrected chi connectivity index (χ3v) is 3.45. The highest BCUT2D eigenvalue weighted by Crippen LogP contribution is 2.34. The summed E-state index contributed by atoms with van der Waals surface area (Å²) in [6.45, 7) is 0. The number of halogens is 1. The van der Waals surface area contributed by atoms with Crippen molar-refractivity contribution in [2.45, 2.75) is 6.10 Å². The molecule has 19 heavy (non-hydrogen) atoms. The summed E-state index contributed by atoms with van der Waals surface area (Å²) in [5.74, 6) is 1.23. The van der Waals surface area contributed by atoms with E-state index in [1.807, 2.05) is 6.07 Å². The number of aromatic nitrogens is 1. The Bertz CT molecular complexity index is 574. The Morgan fingerprint density at radius 2 is 2.00 bits per heavy atom. The molecule has 0 aliphatic heterocycles. The van der Waals surface area contributed by atoms with Gasteiger partial charge in [-0.15, -0.1) is 0 Å². The van der Waals surface area contributed by atoms with Crippen LogP contribution in [0.4, 0.5) is 0 Å². The van der Waals surface area contributed by atoms with Crippen molar-refractivity contribution < 1.29 is 14.6 Å². The lowest BCUT2D eigenvalue weighted by Crippen LogP contribution is -2.05. The van der Waals surface area contributed by atoms with Gasteiger partial charge in [-0.25, -0.2) is 0 Å². The average molecular weight is 324 g/mol. The van der Waals surface area contributed by atoms with Crippen molar-refractivity contribution in [1.29, 1.82) is 0 Å². The van der Waals surface area contributed by atoms with E-state index in [9.17, 15) is 5.11 Å². The minimum Gasteiger partial charge on any atom is -0.497 e. The van der Waals surface area contributed by atoms with E-state index in [1.165, 1.54) is 0 Å². The van der Waals surface area contributed by atoms with E-state index in [2.05, 4.69) is 20.9 Å². The van der Waals surface area contributed by atoms with Crippen LogP contribution in [0.2, 0.25) is 0 Å². The Labute approximate surface area is 120 Å². The number of rotatable bonds is 4. The van der Waals surface area contributed by atoms with Crippen molar-refractivity contribution in [2.75, 3.05) is 14.2 Å². The van der Waals surface area contributed by atoms with Crippen molar-refractivity contribution >= 4 is 15.9 Å². The second kappa shape index (κ2) is 6.04. The maximum atomic E-state index is 10.4. The highest BCUT2D eigenvalue weighted by atomic mass is 79.9. The van der Waals surface area contributed by atoms with E-state index in [0.29, 0.717) is 22.8 Å². The molecule has 4 nitrogen and oxygen atoms in total. The van der Waals surface area contributed by atoms with Gasteiger partial charge in [-0.3, -0.25) is 4.98 Å². The van der Waals surface area contributed by atoms with Gasteiger partial charge in [0.15, 0.2) is 0 Å². The first-order chi connectivity index (χ1) is 9.17. The summed E-state index contributed by atoms with van der Waals surface area (Å²) in [5.41, 5.74) is 1.19. The fourth-order valence-corrected chi connectivity index (χ4v) is 2.26. The van der Waals surface area contributed by atoms with Crippen LogP contribution in [-0.4, -0.2) is 24.3 Å². The van der Waals surface area contributed by atoms with Gasteiger partial charge in [0.25, 0.3) is 0 Å². The first kappa shape index (κ1) is 13.8. The van der Waals surface area contributed by atoms with Crippen LogP contribution in [0.3, 0.4) is 0 Å². The van der Waals surface area contributed by atoms with Crippen molar-refractivity contribution in [1.82, 2.24) is 4.98 Å². The van der Waals surface area contributed by atoms with Gasteiger partial charge in [0, 0.05) is 22.3 Å². The van der Waals surface area contributed by atoms with Crippen LogP contribution in [0, 0.1) is 0 Å². The van der Waals surface area contributed by atoms with Gasteiger partial charge in [-0.05, 0) is 40.2 Å². The number of aliphatic hydroxyl groups excluding tert-OH is 1. The lowest BCUT2D eigenvalue weighted by Gasteiger charge is -2.16. The maximum absolute atomic E-state index is 10.4. The zero-order chi connectivity index (χ0) is 13.8. The lowest BCUT2D eigenvalue weighted by atomic mass is 10.0. The van der Waals surface area contributed by atoms with Gasteiger partial charge in [0.1, 0.15) is 17.6 Å². The minimum absolute atomic E-state index is 0.547. The van der Waals surface area contributed by atoms with Gasteiger partial charge in [0.05, 0.1) is 19.9 Å². The molecule has 0 fully saturated rings. The molecule has 1 heterocycles. The Balaban J connectivity index is 2.44. The number of methoxy groups -OCH3 is 2. The zero-order valence-electron chi connectivity index (χ0n) is 10.6. The molecule has 5 heteroatoms. The van der Waals surface area contributed by atoms with E-state index in [4.69, 9.17) is 9.47 Å². The molecule has 1 N–H and O–H groups in total. The smallest absolute Gasteiger partial charge is 0.128 e. The Hall–Kier alpha value is -1.59. The fourth-order valence-electron chi connectivity index (χ4n) is 1.79. The zero-order valence-corrected chi connectivity index (χ0v) is 12.2. The summed E-state index contributed by atoms with van der Waals surface area (Å²) in [6, 6.07) is 8.91. The van der Waals surface area contributed by atoms with Crippen molar-refractivity contribution in [3.05, 3.63) is 52.3 Å². The number of aliphatic hydroxyl groups is 1. The molecule has 1 aromatic carbocycles. The molecule has 0 saturated heterocycles. The second-order valence-corrected chi connectivity index (χ2v) is 4.74. The average Bonchev–Trinajstić information content (AvgIpc) is 2.46. The number of ether oxygens (including phenoxy) is 2. The van der Waals surface area contributed by atoms with Gasteiger partial charge in [0.2, 0.25) is 0 Å². The SMILES string of the molecule is COc1ccc(C(O)c2ncccc2Br)c(OC)c1. The van der Waals surface area contributed by atoms with E-state index in [-0.39, 0.29) is 0 Å². The van der Waals surface area contributed by atoms with E-state index in [1.54, 1.807) is 44.7 Å². The van der Waals surface area contributed by atoms with E-state index >= 15 is 0 Å². The molecule has 0 amide bonds. The molecule has 0 aliphatic carbocycles. The van der Waals surface area contributed by atoms with Gasteiger partial charge >= 0.3 is 0 Å². The van der Waals surface area contributed by atoms with Crippen LogP contribution >= 0.6 is 15.9 Å². The molecule has 1 aromatic heterocycles. The molecule has 2 rings (SSSR count).